The highest BCUT2D eigenvalue weighted by atomic mass is 19.4. The van der Waals surface area contributed by atoms with Crippen LogP contribution in [0.1, 0.15) is 11.1 Å². The van der Waals surface area contributed by atoms with Crippen molar-refractivity contribution in [1.82, 2.24) is 0 Å². The van der Waals surface area contributed by atoms with Gasteiger partial charge in [0.1, 0.15) is 5.82 Å². The normalized spacial score (nSPS) is 14.4. The predicted molar refractivity (Wildman–Crippen MR) is 68.6 cm³/mol. The SMILES string of the molecule is O=[N+]([O-])c1ccc(C(O)(c2ccc(F)cc2)C(F)(F)F)cc1. The Kier molecular flexibility index (Phi) is 3.89. The number of halogens is 4. The number of benzene rings is 2. The molecular weight excluding hydrogens is 306 g/mol. The first kappa shape index (κ1) is 15.9. The van der Waals surface area contributed by atoms with E-state index in [9.17, 15) is 32.8 Å². The Balaban J connectivity index is 2.59. The number of rotatable bonds is 3. The summed E-state index contributed by atoms with van der Waals surface area (Å²) in [6.45, 7) is 0. The number of aliphatic hydroxyl groups is 1. The molecule has 0 radical (unpaired) electrons. The molecule has 2 aromatic carbocycles. The fourth-order valence-electron chi connectivity index (χ4n) is 2.01. The standard InChI is InChI=1S/C14H9F4NO3/c15-11-5-1-9(2-6-11)13(20,14(16,17)18)10-3-7-12(8-4-10)19(21)22/h1-8,20H. The average molecular weight is 315 g/mol. The van der Waals surface area contributed by atoms with Crippen LogP contribution in [0.15, 0.2) is 48.5 Å². The molecule has 0 fully saturated rings. The summed E-state index contributed by atoms with van der Waals surface area (Å²) < 4.78 is 53.0. The molecular formula is C14H9F4NO3. The minimum absolute atomic E-state index is 0.410. The van der Waals surface area contributed by atoms with Gasteiger partial charge in [-0.05, 0) is 35.4 Å². The van der Waals surface area contributed by atoms with E-state index in [2.05, 4.69) is 0 Å². The van der Waals surface area contributed by atoms with Crippen molar-refractivity contribution < 1.29 is 27.6 Å². The van der Waals surface area contributed by atoms with Gasteiger partial charge in [0.25, 0.3) is 5.69 Å². The summed E-state index contributed by atoms with van der Waals surface area (Å²) in [7, 11) is 0. The summed E-state index contributed by atoms with van der Waals surface area (Å²) in [6, 6.07) is 6.54. The number of hydrogen-bond donors (Lipinski definition) is 1. The Morgan fingerprint density at radius 3 is 1.68 bits per heavy atom. The fraction of sp³-hybridized carbons (Fsp3) is 0.143. The maximum atomic E-state index is 13.4. The van der Waals surface area contributed by atoms with Gasteiger partial charge in [0.2, 0.25) is 5.60 Å². The zero-order valence-corrected chi connectivity index (χ0v) is 10.8. The number of alkyl halides is 3. The van der Waals surface area contributed by atoms with Crippen LogP contribution < -0.4 is 0 Å². The van der Waals surface area contributed by atoms with E-state index >= 15 is 0 Å². The van der Waals surface area contributed by atoms with Gasteiger partial charge in [-0.3, -0.25) is 10.1 Å². The number of nitro benzene ring substituents is 1. The molecule has 2 rings (SSSR count). The van der Waals surface area contributed by atoms with E-state index in [0.717, 1.165) is 48.5 Å². The van der Waals surface area contributed by atoms with Gasteiger partial charge < -0.3 is 5.11 Å². The van der Waals surface area contributed by atoms with Crippen molar-refractivity contribution >= 4 is 5.69 Å². The molecule has 4 nitrogen and oxygen atoms in total. The molecule has 116 valence electrons. The van der Waals surface area contributed by atoms with Gasteiger partial charge in [0, 0.05) is 12.1 Å². The third-order valence-electron chi connectivity index (χ3n) is 3.17. The van der Waals surface area contributed by atoms with Crippen molar-refractivity contribution in [2.24, 2.45) is 0 Å². The van der Waals surface area contributed by atoms with Gasteiger partial charge in [-0.15, -0.1) is 0 Å². The number of nitro groups is 1. The molecule has 0 aliphatic rings. The topological polar surface area (TPSA) is 63.4 Å². The summed E-state index contributed by atoms with van der Waals surface area (Å²) in [5, 5.41) is 20.7. The van der Waals surface area contributed by atoms with E-state index in [0.29, 0.717) is 0 Å². The second-order valence-electron chi connectivity index (χ2n) is 4.52. The van der Waals surface area contributed by atoms with Crippen LogP contribution in [-0.2, 0) is 5.60 Å². The van der Waals surface area contributed by atoms with Crippen LogP contribution in [0.25, 0.3) is 0 Å². The van der Waals surface area contributed by atoms with Crippen molar-refractivity contribution in [2.75, 3.05) is 0 Å². The van der Waals surface area contributed by atoms with Crippen LogP contribution in [0.5, 0.6) is 0 Å². The third-order valence-corrected chi connectivity index (χ3v) is 3.17. The zero-order chi connectivity index (χ0) is 16.5. The highest BCUT2D eigenvalue weighted by molar-refractivity contribution is 5.42. The Labute approximate surface area is 121 Å². The molecule has 22 heavy (non-hydrogen) atoms. The lowest BCUT2D eigenvalue weighted by atomic mass is 9.85. The summed E-state index contributed by atoms with van der Waals surface area (Å²) in [5.41, 5.74) is -4.99. The molecule has 0 bridgehead atoms. The second-order valence-corrected chi connectivity index (χ2v) is 4.52. The van der Waals surface area contributed by atoms with Crippen molar-refractivity contribution in [3.8, 4) is 0 Å². The van der Waals surface area contributed by atoms with Crippen molar-refractivity contribution in [3.05, 3.63) is 75.6 Å². The molecule has 2 aromatic rings. The molecule has 1 unspecified atom stereocenters. The number of nitrogens with zero attached hydrogens (tertiary/aromatic N) is 1. The molecule has 0 aliphatic heterocycles. The smallest absolute Gasteiger partial charge is 0.372 e. The molecule has 0 aromatic heterocycles. The van der Waals surface area contributed by atoms with Gasteiger partial charge in [-0.1, -0.05) is 12.1 Å². The molecule has 0 saturated carbocycles. The summed E-state index contributed by atoms with van der Waals surface area (Å²) in [6.07, 6.45) is -5.10. The van der Waals surface area contributed by atoms with Crippen molar-refractivity contribution in [1.29, 1.82) is 0 Å². The van der Waals surface area contributed by atoms with Crippen LogP contribution in [0.4, 0.5) is 23.2 Å². The van der Waals surface area contributed by atoms with E-state index in [1.54, 1.807) is 0 Å². The van der Waals surface area contributed by atoms with E-state index in [-0.39, 0.29) is 0 Å². The van der Waals surface area contributed by atoms with Crippen LogP contribution in [0.3, 0.4) is 0 Å². The molecule has 1 atom stereocenters. The number of hydrogen-bond acceptors (Lipinski definition) is 3. The molecule has 0 heterocycles. The van der Waals surface area contributed by atoms with Gasteiger partial charge in [0.05, 0.1) is 4.92 Å². The zero-order valence-electron chi connectivity index (χ0n) is 10.8. The van der Waals surface area contributed by atoms with E-state index in [1.807, 2.05) is 0 Å². The van der Waals surface area contributed by atoms with Crippen molar-refractivity contribution in [3.63, 3.8) is 0 Å². The maximum Gasteiger partial charge on any atom is 0.425 e. The first-order chi connectivity index (χ1) is 10.2. The third kappa shape index (κ3) is 2.64. The molecule has 0 aliphatic carbocycles. The molecule has 1 N–H and O–H groups in total. The van der Waals surface area contributed by atoms with Crippen LogP contribution >= 0.6 is 0 Å². The number of non-ortho nitro benzene ring substituents is 1. The Morgan fingerprint density at radius 2 is 1.32 bits per heavy atom. The van der Waals surface area contributed by atoms with E-state index in [4.69, 9.17) is 0 Å². The lowest BCUT2D eigenvalue weighted by Crippen LogP contribution is -2.43. The molecule has 8 heteroatoms. The Hall–Kier alpha value is -2.48. The second kappa shape index (κ2) is 5.38. The minimum atomic E-state index is -5.10. The molecule has 0 saturated heterocycles. The van der Waals surface area contributed by atoms with Gasteiger partial charge >= 0.3 is 6.18 Å². The Bertz CT molecular complexity index is 683. The fourth-order valence-corrected chi connectivity index (χ4v) is 2.01. The largest absolute Gasteiger partial charge is 0.425 e. The van der Waals surface area contributed by atoms with Crippen LogP contribution in [0.2, 0.25) is 0 Å². The van der Waals surface area contributed by atoms with Gasteiger partial charge in [-0.2, -0.15) is 13.2 Å². The minimum Gasteiger partial charge on any atom is -0.372 e. The Morgan fingerprint density at radius 1 is 0.909 bits per heavy atom. The monoisotopic (exact) mass is 315 g/mol. The highest BCUT2D eigenvalue weighted by Gasteiger charge is 2.56. The van der Waals surface area contributed by atoms with Crippen LogP contribution in [0, 0.1) is 15.9 Å². The average Bonchev–Trinajstić information content (AvgIpc) is 2.46. The lowest BCUT2D eigenvalue weighted by molar-refractivity contribution is -0.384. The van der Waals surface area contributed by atoms with E-state index < -0.39 is 39.3 Å². The first-order valence-electron chi connectivity index (χ1n) is 5.96. The first-order valence-corrected chi connectivity index (χ1v) is 5.96. The molecule has 0 amide bonds. The highest BCUT2D eigenvalue weighted by Crippen LogP contribution is 2.44. The van der Waals surface area contributed by atoms with Gasteiger partial charge in [-0.25, -0.2) is 4.39 Å². The summed E-state index contributed by atoms with van der Waals surface area (Å²) in [5.74, 6) is -0.753. The van der Waals surface area contributed by atoms with Crippen LogP contribution in [-0.4, -0.2) is 16.2 Å². The molecule has 0 spiro atoms. The maximum absolute atomic E-state index is 13.4. The van der Waals surface area contributed by atoms with E-state index in [1.165, 1.54) is 0 Å². The predicted octanol–water partition coefficient (Wildman–Crippen LogP) is 3.53. The lowest BCUT2D eigenvalue weighted by Gasteiger charge is -2.31. The quantitative estimate of drug-likeness (QED) is 0.535. The summed E-state index contributed by atoms with van der Waals surface area (Å²) in [4.78, 5) is 9.78. The van der Waals surface area contributed by atoms with Crippen molar-refractivity contribution in [2.45, 2.75) is 11.8 Å². The summed E-state index contributed by atoms with van der Waals surface area (Å²) >= 11 is 0. The van der Waals surface area contributed by atoms with Gasteiger partial charge in [0.15, 0.2) is 0 Å².